The fourth-order valence-corrected chi connectivity index (χ4v) is 0.635. The van der Waals surface area contributed by atoms with Crippen molar-refractivity contribution in [2.75, 3.05) is 13.2 Å². The molecule has 15 heavy (non-hydrogen) atoms. The van der Waals surface area contributed by atoms with E-state index < -0.39 is 0 Å². The number of unbranched alkanes of at least 4 members (excludes halogenated alkanes) is 1. The average molecular weight is 218 g/mol. The molecular formula is C12H26O3. The lowest BCUT2D eigenvalue weighted by Gasteiger charge is -2.09. The zero-order valence-electron chi connectivity index (χ0n) is 10.6. The van der Waals surface area contributed by atoms with Crippen LogP contribution in [0.15, 0.2) is 13.2 Å². The van der Waals surface area contributed by atoms with Gasteiger partial charge in [-0.05, 0) is 27.2 Å². The quantitative estimate of drug-likeness (QED) is 0.390. The molecule has 0 heterocycles. The Labute approximate surface area is 94.5 Å². The van der Waals surface area contributed by atoms with Crippen LogP contribution in [0.25, 0.3) is 0 Å². The van der Waals surface area contributed by atoms with Crippen molar-refractivity contribution < 1.29 is 14.3 Å². The minimum Gasteiger partial charge on any atom is -0.353 e. The SMILES string of the molecule is C=C.CCCC=O.CCOC(C)OCC. The fourth-order valence-electron chi connectivity index (χ4n) is 0.635. The van der Waals surface area contributed by atoms with Crippen LogP contribution in [0.1, 0.15) is 40.5 Å². The highest BCUT2D eigenvalue weighted by molar-refractivity contribution is 5.48. The van der Waals surface area contributed by atoms with Gasteiger partial charge in [-0.3, -0.25) is 0 Å². The van der Waals surface area contributed by atoms with Gasteiger partial charge in [0.2, 0.25) is 0 Å². The molecule has 0 aromatic heterocycles. The summed E-state index contributed by atoms with van der Waals surface area (Å²) in [5, 5.41) is 0. The van der Waals surface area contributed by atoms with Gasteiger partial charge in [0.1, 0.15) is 6.29 Å². The van der Waals surface area contributed by atoms with Crippen molar-refractivity contribution in [1.29, 1.82) is 0 Å². The molecule has 0 radical (unpaired) electrons. The average Bonchev–Trinajstić information content (AvgIpc) is 2.24. The summed E-state index contributed by atoms with van der Waals surface area (Å²) in [6.07, 6.45) is 2.58. The second-order valence-corrected chi connectivity index (χ2v) is 2.43. The van der Waals surface area contributed by atoms with E-state index in [4.69, 9.17) is 9.47 Å². The third-order valence-corrected chi connectivity index (χ3v) is 1.21. The van der Waals surface area contributed by atoms with Gasteiger partial charge in [-0.25, -0.2) is 0 Å². The van der Waals surface area contributed by atoms with Crippen LogP contribution >= 0.6 is 0 Å². The normalized spacial score (nSPS) is 8.33. The monoisotopic (exact) mass is 218 g/mol. The van der Waals surface area contributed by atoms with Crippen LogP contribution in [0.3, 0.4) is 0 Å². The van der Waals surface area contributed by atoms with Crippen LogP contribution < -0.4 is 0 Å². The van der Waals surface area contributed by atoms with Crippen molar-refractivity contribution in [3.05, 3.63) is 13.2 Å². The van der Waals surface area contributed by atoms with Gasteiger partial charge in [-0.1, -0.05) is 6.92 Å². The topological polar surface area (TPSA) is 35.5 Å². The van der Waals surface area contributed by atoms with E-state index in [1.54, 1.807) is 0 Å². The Morgan fingerprint density at radius 3 is 1.67 bits per heavy atom. The smallest absolute Gasteiger partial charge is 0.154 e. The van der Waals surface area contributed by atoms with Crippen LogP contribution in [0.4, 0.5) is 0 Å². The van der Waals surface area contributed by atoms with E-state index in [0.29, 0.717) is 6.42 Å². The first-order chi connectivity index (χ1) is 7.22. The molecule has 0 amide bonds. The van der Waals surface area contributed by atoms with E-state index in [-0.39, 0.29) is 6.29 Å². The molecule has 0 spiro atoms. The molecule has 0 aliphatic heterocycles. The van der Waals surface area contributed by atoms with Crippen LogP contribution in [-0.2, 0) is 14.3 Å². The molecule has 0 bridgehead atoms. The number of carbonyl (C=O) groups is 1. The first-order valence-electron chi connectivity index (χ1n) is 5.39. The summed E-state index contributed by atoms with van der Waals surface area (Å²) < 4.78 is 10.1. The lowest BCUT2D eigenvalue weighted by atomic mass is 10.4. The van der Waals surface area contributed by atoms with Gasteiger partial charge < -0.3 is 14.3 Å². The van der Waals surface area contributed by atoms with Crippen molar-refractivity contribution in [2.45, 2.75) is 46.8 Å². The summed E-state index contributed by atoms with van der Waals surface area (Å²) in [5.74, 6) is 0. The van der Waals surface area contributed by atoms with Gasteiger partial charge in [-0.15, -0.1) is 13.2 Å². The molecule has 0 aromatic rings. The van der Waals surface area contributed by atoms with Gasteiger partial charge in [0, 0.05) is 19.6 Å². The van der Waals surface area contributed by atoms with Gasteiger partial charge >= 0.3 is 0 Å². The second kappa shape index (κ2) is 23.3. The molecule has 3 nitrogen and oxygen atoms in total. The van der Waals surface area contributed by atoms with E-state index in [0.717, 1.165) is 25.9 Å². The first-order valence-corrected chi connectivity index (χ1v) is 5.39. The maximum atomic E-state index is 9.40. The Morgan fingerprint density at radius 1 is 1.13 bits per heavy atom. The fraction of sp³-hybridized carbons (Fsp3) is 0.750. The molecule has 0 aliphatic rings. The molecule has 0 rings (SSSR count). The molecule has 0 aromatic carbocycles. The van der Waals surface area contributed by atoms with Crippen molar-refractivity contribution >= 4 is 6.29 Å². The summed E-state index contributed by atoms with van der Waals surface area (Å²) in [5.41, 5.74) is 0. The van der Waals surface area contributed by atoms with Gasteiger partial charge in [0.25, 0.3) is 0 Å². The zero-order valence-corrected chi connectivity index (χ0v) is 10.6. The third kappa shape index (κ3) is 31.8. The molecule has 0 saturated carbocycles. The highest BCUT2D eigenvalue weighted by atomic mass is 16.7. The lowest BCUT2D eigenvalue weighted by molar-refractivity contribution is -0.123. The zero-order chi connectivity index (χ0) is 12.5. The van der Waals surface area contributed by atoms with Crippen molar-refractivity contribution in [3.8, 4) is 0 Å². The molecular weight excluding hydrogens is 192 g/mol. The largest absolute Gasteiger partial charge is 0.353 e. The van der Waals surface area contributed by atoms with Crippen molar-refractivity contribution in [2.24, 2.45) is 0 Å². The number of hydrogen-bond donors (Lipinski definition) is 0. The van der Waals surface area contributed by atoms with E-state index >= 15 is 0 Å². The molecule has 3 heteroatoms. The molecule has 0 unspecified atom stereocenters. The minimum absolute atomic E-state index is 0.0370. The Morgan fingerprint density at radius 2 is 1.53 bits per heavy atom. The van der Waals surface area contributed by atoms with Crippen molar-refractivity contribution in [1.82, 2.24) is 0 Å². The second-order valence-electron chi connectivity index (χ2n) is 2.43. The third-order valence-electron chi connectivity index (χ3n) is 1.21. The maximum Gasteiger partial charge on any atom is 0.154 e. The summed E-state index contributed by atoms with van der Waals surface area (Å²) in [7, 11) is 0. The first kappa shape index (κ1) is 19.8. The van der Waals surface area contributed by atoms with Crippen LogP contribution in [-0.4, -0.2) is 25.8 Å². The van der Waals surface area contributed by atoms with Gasteiger partial charge in [0.05, 0.1) is 0 Å². The van der Waals surface area contributed by atoms with Gasteiger partial charge in [-0.2, -0.15) is 0 Å². The predicted octanol–water partition coefficient (Wildman–Crippen LogP) is 3.19. The number of carbonyl (C=O) groups excluding carboxylic acids is 1. The molecule has 92 valence electrons. The van der Waals surface area contributed by atoms with Crippen LogP contribution in [0.2, 0.25) is 0 Å². The molecule has 0 fully saturated rings. The van der Waals surface area contributed by atoms with E-state index in [1.165, 1.54) is 0 Å². The number of rotatable bonds is 6. The number of aldehydes is 1. The Kier molecular flexibility index (Phi) is 30.8. The highest BCUT2D eigenvalue weighted by Crippen LogP contribution is 1.90. The van der Waals surface area contributed by atoms with Crippen LogP contribution in [0.5, 0.6) is 0 Å². The summed E-state index contributed by atoms with van der Waals surface area (Å²) >= 11 is 0. The summed E-state index contributed by atoms with van der Waals surface area (Å²) in [6, 6.07) is 0. The number of ether oxygens (including phenoxy) is 2. The molecule has 0 saturated heterocycles. The molecule has 0 N–H and O–H groups in total. The van der Waals surface area contributed by atoms with E-state index in [9.17, 15) is 4.79 Å². The lowest BCUT2D eigenvalue weighted by Crippen LogP contribution is -2.11. The molecule has 0 aliphatic carbocycles. The predicted molar refractivity (Wildman–Crippen MR) is 64.9 cm³/mol. The highest BCUT2D eigenvalue weighted by Gasteiger charge is 1.94. The Bertz CT molecular complexity index is 99.0. The molecule has 0 atom stereocenters. The Balaban J connectivity index is -0.000000177. The maximum absolute atomic E-state index is 9.40. The number of hydrogen-bond acceptors (Lipinski definition) is 3. The van der Waals surface area contributed by atoms with Crippen molar-refractivity contribution in [3.63, 3.8) is 0 Å². The van der Waals surface area contributed by atoms with E-state index in [2.05, 4.69) is 13.2 Å². The van der Waals surface area contributed by atoms with Gasteiger partial charge in [0.15, 0.2) is 6.29 Å². The van der Waals surface area contributed by atoms with E-state index in [1.807, 2.05) is 27.7 Å². The standard InChI is InChI=1S/C6H14O2.C4H8O.C2H4/c1-4-7-6(3)8-5-2;1-2-3-4-5;1-2/h6H,4-5H2,1-3H3;4H,2-3H2,1H3;1-2H2. The Hall–Kier alpha value is -0.670. The summed E-state index contributed by atoms with van der Waals surface area (Å²) in [6.45, 7) is 15.2. The summed E-state index contributed by atoms with van der Waals surface area (Å²) in [4.78, 5) is 9.40. The van der Waals surface area contributed by atoms with Crippen LogP contribution in [0, 0.1) is 0 Å². The minimum atomic E-state index is -0.0370.